The normalized spacial score (nSPS) is 17.4. The summed E-state index contributed by atoms with van der Waals surface area (Å²) in [5.74, 6) is -0.311. The molecule has 1 saturated heterocycles. The number of nitrogens with one attached hydrogen (secondary N) is 1. The lowest BCUT2D eigenvalue weighted by Crippen LogP contribution is -2.42. The number of hydrogen-bond donors (Lipinski definition) is 1. The maximum Gasteiger partial charge on any atom is 0.274 e. The van der Waals surface area contributed by atoms with Crippen LogP contribution in [0.25, 0.3) is 0 Å². The Morgan fingerprint density at radius 3 is 2.68 bits per heavy atom. The van der Waals surface area contributed by atoms with Crippen LogP contribution in [-0.4, -0.2) is 36.8 Å². The fraction of sp³-hybridized carbons (Fsp3) is 0.368. The van der Waals surface area contributed by atoms with E-state index >= 15 is 0 Å². The second kappa shape index (κ2) is 8.27. The first-order chi connectivity index (χ1) is 13.2. The molecule has 2 aromatic rings. The predicted octanol–water partition coefficient (Wildman–Crippen LogP) is 4.51. The quantitative estimate of drug-likeness (QED) is 0.756. The van der Waals surface area contributed by atoms with Crippen LogP contribution in [0.2, 0.25) is 10.0 Å². The molecule has 0 unspecified atom stereocenters. The summed E-state index contributed by atoms with van der Waals surface area (Å²) in [5.41, 5.74) is 0.725. The Balaban J connectivity index is 1.96. The molecule has 1 aliphatic rings. The van der Waals surface area contributed by atoms with E-state index in [1.807, 2.05) is 6.92 Å². The number of benzene rings is 1. The lowest BCUT2D eigenvalue weighted by Gasteiger charge is -2.33. The third kappa shape index (κ3) is 4.42. The fourth-order valence-corrected chi connectivity index (χ4v) is 4.63. The molecule has 0 saturated carbocycles. The third-order valence-electron chi connectivity index (χ3n) is 4.80. The molecule has 2 heterocycles. The Morgan fingerprint density at radius 1 is 1.25 bits per heavy atom. The van der Waals surface area contributed by atoms with Crippen LogP contribution in [0, 0.1) is 6.92 Å². The van der Waals surface area contributed by atoms with Crippen molar-refractivity contribution in [2.75, 3.05) is 11.3 Å². The number of sulfonamides is 1. The van der Waals surface area contributed by atoms with E-state index in [9.17, 15) is 13.2 Å². The number of nitrogens with zero attached hydrogens (tertiary/aromatic N) is 2. The molecule has 1 fully saturated rings. The largest absolute Gasteiger partial charge is 0.335 e. The molecule has 9 heteroatoms. The summed E-state index contributed by atoms with van der Waals surface area (Å²) in [6, 6.07) is 5.86. The molecule has 150 valence electrons. The minimum atomic E-state index is -3.95. The topological polar surface area (TPSA) is 79.4 Å². The molecule has 0 radical (unpaired) electrons. The molecule has 6 nitrogen and oxygen atoms in total. The van der Waals surface area contributed by atoms with Gasteiger partial charge in [0.1, 0.15) is 0 Å². The average Bonchev–Trinajstić information content (AvgIpc) is 2.63. The van der Waals surface area contributed by atoms with Crippen LogP contribution < -0.4 is 4.72 Å². The van der Waals surface area contributed by atoms with Crippen LogP contribution in [0.15, 0.2) is 35.4 Å². The first kappa shape index (κ1) is 20.9. The molecule has 0 spiro atoms. The van der Waals surface area contributed by atoms with E-state index in [1.165, 1.54) is 30.5 Å². The molecule has 1 atom stereocenters. The highest BCUT2D eigenvalue weighted by molar-refractivity contribution is 7.92. The summed E-state index contributed by atoms with van der Waals surface area (Å²) in [7, 11) is -3.95. The van der Waals surface area contributed by atoms with Gasteiger partial charge in [-0.1, -0.05) is 23.2 Å². The van der Waals surface area contributed by atoms with Gasteiger partial charge in [0, 0.05) is 23.8 Å². The van der Waals surface area contributed by atoms with Gasteiger partial charge >= 0.3 is 0 Å². The molecule has 1 amide bonds. The van der Waals surface area contributed by atoms with Crippen LogP contribution in [0.4, 0.5) is 5.69 Å². The Kier molecular flexibility index (Phi) is 6.17. The van der Waals surface area contributed by atoms with Gasteiger partial charge < -0.3 is 4.90 Å². The van der Waals surface area contributed by atoms with Crippen molar-refractivity contribution in [1.82, 2.24) is 9.88 Å². The van der Waals surface area contributed by atoms with Crippen molar-refractivity contribution in [1.29, 1.82) is 0 Å². The number of likely N-dealkylation sites (tertiary alicyclic amines) is 1. The number of halogens is 2. The summed E-state index contributed by atoms with van der Waals surface area (Å²) >= 11 is 12.0. The van der Waals surface area contributed by atoms with E-state index in [-0.39, 0.29) is 33.2 Å². The Labute approximate surface area is 174 Å². The molecule has 1 aromatic carbocycles. The summed E-state index contributed by atoms with van der Waals surface area (Å²) in [6.45, 7) is 4.31. The molecule has 28 heavy (non-hydrogen) atoms. The fourth-order valence-electron chi connectivity index (χ4n) is 3.21. The van der Waals surface area contributed by atoms with E-state index in [0.717, 1.165) is 19.3 Å². The second-order valence-corrected chi connectivity index (χ2v) is 9.44. The molecule has 1 aromatic heterocycles. The van der Waals surface area contributed by atoms with Crippen LogP contribution in [-0.2, 0) is 10.0 Å². The minimum Gasteiger partial charge on any atom is -0.335 e. The highest BCUT2D eigenvalue weighted by Gasteiger charge is 2.28. The maximum absolute atomic E-state index is 13.0. The number of hydrogen-bond acceptors (Lipinski definition) is 4. The lowest BCUT2D eigenvalue weighted by molar-refractivity contribution is 0.0631. The van der Waals surface area contributed by atoms with E-state index in [4.69, 9.17) is 23.2 Å². The van der Waals surface area contributed by atoms with E-state index in [1.54, 1.807) is 11.8 Å². The van der Waals surface area contributed by atoms with Gasteiger partial charge in [-0.15, -0.1) is 0 Å². The maximum atomic E-state index is 13.0. The van der Waals surface area contributed by atoms with Crippen molar-refractivity contribution in [3.8, 4) is 0 Å². The zero-order chi connectivity index (χ0) is 20.5. The number of rotatable bonds is 4. The zero-order valence-corrected chi connectivity index (χ0v) is 17.9. The number of carbonyl (C=O) groups excluding carboxylic acids is 1. The van der Waals surface area contributed by atoms with E-state index in [2.05, 4.69) is 9.71 Å². The van der Waals surface area contributed by atoms with Crippen molar-refractivity contribution < 1.29 is 13.2 Å². The molecule has 0 bridgehead atoms. The Morgan fingerprint density at radius 2 is 2.00 bits per heavy atom. The molecular formula is C19H21Cl2N3O3S. The van der Waals surface area contributed by atoms with Crippen molar-refractivity contribution in [2.24, 2.45) is 0 Å². The molecular weight excluding hydrogens is 421 g/mol. The van der Waals surface area contributed by atoms with Crippen LogP contribution >= 0.6 is 23.2 Å². The van der Waals surface area contributed by atoms with Gasteiger partial charge in [0.15, 0.2) is 5.69 Å². The molecule has 3 rings (SSSR count). The van der Waals surface area contributed by atoms with Gasteiger partial charge in [-0.2, -0.15) is 0 Å². The smallest absolute Gasteiger partial charge is 0.274 e. The number of carbonyl (C=O) groups is 1. The van der Waals surface area contributed by atoms with Crippen LogP contribution in [0.3, 0.4) is 0 Å². The standard InChI is InChI=1S/C19H21Cl2N3O3S/c1-12-9-15(6-7-16(12)21)28(26,27)23-17-10-14(20)11-22-18(17)19(25)24-8-4-3-5-13(24)2/h6-7,9-11,13,23H,3-5,8H2,1-2H3/t13-/m1/s1. The molecule has 1 aliphatic heterocycles. The van der Waals surface area contributed by atoms with Crippen molar-refractivity contribution in [3.63, 3.8) is 0 Å². The number of pyridine rings is 1. The molecule has 1 N–H and O–H groups in total. The summed E-state index contributed by atoms with van der Waals surface area (Å²) in [5, 5.41) is 0.701. The second-order valence-electron chi connectivity index (χ2n) is 6.91. The Hall–Kier alpha value is -1.83. The van der Waals surface area contributed by atoms with Crippen LogP contribution in [0.1, 0.15) is 42.2 Å². The van der Waals surface area contributed by atoms with Crippen molar-refractivity contribution in [3.05, 3.63) is 51.8 Å². The van der Waals surface area contributed by atoms with Crippen molar-refractivity contribution in [2.45, 2.75) is 44.0 Å². The number of piperidine rings is 1. The lowest BCUT2D eigenvalue weighted by atomic mass is 10.0. The van der Waals surface area contributed by atoms with Gasteiger partial charge in [0.25, 0.3) is 15.9 Å². The highest BCUT2D eigenvalue weighted by Crippen LogP contribution is 2.27. The van der Waals surface area contributed by atoms with Crippen molar-refractivity contribution >= 4 is 44.8 Å². The number of anilines is 1. The van der Waals surface area contributed by atoms with Gasteiger partial charge in [-0.3, -0.25) is 9.52 Å². The summed E-state index contributed by atoms with van der Waals surface area (Å²) in [4.78, 5) is 18.9. The average molecular weight is 442 g/mol. The third-order valence-corrected chi connectivity index (χ3v) is 6.80. The number of aromatic nitrogens is 1. The first-order valence-electron chi connectivity index (χ1n) is 8.94. The first-order valence-corrected chi connectivity index (χ1v) is 11.2. The summed E-state index contributed by atoms with van der Waals surface area (Å²) in [6.07, 6.45) is 4.22. The Bertz CT molecular complexity index is 1010. The highest BCUT2D eigenvalue weighted by atomic mass is 35.5. The van der Waals surface area contributed by atoms with E-state index in [0.29, 0.717) is 17.1 Å². The SMILES string of the molecule is Cc1cc(S(=O)(=O)Nc2cc(Cl)cnc2C(=O)N2CCCC[C@H]2C)ccc1Cl. The minimum absolute atomic E-state index is 0.0346. The monoisotopic (exact) mass is 441 g/mol. The van der Waals surface area contributed by atoms with Gasteiger partial charge in [-0.25, -0.2) is 13.4 Å². The summed E-state index contributed by atoms with van der Waals surface area (Å²) < 4.78 is 28.1. The molecule has 0 aliphatic carbocycles. The number of aryl methyl sites for hydroxylation is 1. The van der Waals surface area contributed by atoms with Gasteiger partial charge in [0.2, 0.25) is 0 Å². The zero-order valence-electron chi connectivity index (χ0n) is 15.6. The number of amides is 1. The predicted molar refractivity (Wildman–Crippen MR) is 111 cm³/mol. The van der Waals surface area contributed by atoms with E-state index < -0.39 is 10.0 Å². The van der Waals surface area contributed by atoms with Gasteiger partial charge in [0.05, 0.1) is 15.6 Å². The van der Waals surface area contributed by atoms with Gasteiger partial charge in [-0.05, 0) is 62.9 Å². The van der Waals surface area contributed by atoms with Crippen LogP contribution in [0.5, 0.6) is 0 Å².